The first-order valence-corrected chi connectivity index (χ1v) is 11.3. The van der Waals surface area contributed by atoms with Crippen LogP contribution >= 0.6 is 11.6 Å². The Morgan fingerprint density at radius 3 is 2.69 bits per heavy atom. The van der Waals surface area contributed by atoms with Crippen LogP contribution in [-0.4, -0.2) is 26.6 Å². The van der Waals surface area contributed by atoms with Crippen molar-refractivity contribution >= 4 is 17.7 Å². The Kier molecular flexibility index (Phi) is 6.79. The van der Waals surface area contributed by atoms with Crippen molar-refractivity contribution < 1.29 is 14.6 Å². The zero-order chi connectivity index (χ0) is 22.7. The standard InChI is InChI=1S/C26H28ClFN2O2/c1-18-14-19-16-29-30(21-11-9-20(28)10-12-21)24(19)8-4-5-13-26(18,17-31)15-25(32)22-6-2-3-7-23(22)27/h2-4,6-12,16,18,25,31-32H,5,13-15,17H2,1H3. The van der Waals surface area contributed by atoms with E-state index in [4.69, 9.17) is 11.6 Å². The molecule has 3 unspecified atom stereocenters. The molecule has 2 aromatic carbocycles. The minimum Gasteiger partial charge on any atom is -0.396 e. The molecule has 4 nitrogen and oxygen atoms in total. The Labute approximate surface area is 193 Å². The lowest BCUT2D eigenvalue weighted by Crippen LogP contribution is -2.36. The number of aliphatic hydroxyl groups is 2. The average Bonchev–Trinajstić information content (AvgIpc) is 3.20. The largest absolute Gasteiger partial charge is 0.396 e. The second kappa shape index (κ2) is 9.57. The number of benzene rings is 2. The predicted molar refractivity (Wildman–Crippen MR) is 125 cm³/mol. The molecule has 32 heavy (non-hydrogen) atoms. The maximum Gasteiger partial charge on any atom is 0.123 e. The Hall–Kier alpha value is -2.47. The highest BCUT2D eigenvalue weighted by Gasteiger charge is 2.38. The van der Waals surface area contributed by atoms with Gasteiger partial charge in [-0.3, -0.25) is 0 Å². The van der Waals surface area contributed by atoms with E-state index >= 15 is 0 Å². The molecular formula is C26H28ClFN2O2. The number of aliphatic hydroxyl groups excluding tert-OH is 2. The van der Waals surface area contributed by atoms with E-state index in [0.29, 0.717) is 23.4 Å². The van der Waals surface area contributed by atoms with Crippen LogP contribution in [-0.2, 0) is 6.42 Å². The van der Waals surface area contributed by atoms with Crippen LogP contribution in [0.5, 0.6) is 0 Å². The summed E-state index contributed by atoms with van der Waals surface area (Å²) in [5, 5.41) is 26.6. The van der Waals surface area contributed by atoms with Crippen LogP contribution in [0.4, 0.5) is 4.39 Å². The number of allylic oxidation sites excluding steroid dienone is 1. The molecule has 1 aliphatic rings. The SMILES string of the molecule is CC1Cc2cnn(-c3ccc(F)cc3)c2C=CCCC1(CO)CC(O)c1ccccc1Cl. The topological polar surface area (TPSA) is 58.3 Å². The molecule has 1 heterocycles. The van der Waals surface area contributed by atoms with Gasteiger partial charge < -0.3 is 10.2 Å². The molecule has 3 aromatic rings. The third-order valence-corrected chi connectivity index (χ3v) is 7.14. The molecule has 0 radical (unpaired) electrons. The van der Waals surface area contributed by atoms with Crippen molar-refractivity contribution in [1.82, 2.24) is 9.78 Å². The van der Waals surface area contributed by atoms with Crippen LogP contribution in [0.15, 0.2) is 60.8 Å². The van der Waals surface area contributed by atoms with Crippen LogP contribution in [0.25, 0.3) is 11.8 Å². The molecule has 1 aliphatic carbocycles. The van der Waals surface area contributed by atoms with Crippen LogP contribution in [0, 0.1) is 17.2 Å². The fourth-order valence-corrected chi connectivity index (χ4v) is 4.98. The van der Waals surface area contributed by atoms with Gasteiger partial charge in [0.15, 0.2) is 0 Å². The molecule has 6 heteroatoms. The quantitative estimate of drug-likeness (QED) is 0.515. The second-order valence-corrected chi connectivity index (χ2v) is 9.16. The molecule has 0 saturated heterocycles. The third-order valence-electron chi connectivity index (χ3n) is 6.79. The van der Waals surface area contributed by atoms with Gasteiger partial charge >= 0.3 is 0 Å². The first kappa shape index (κ1) is 22.7. The highest BCUT2D eigenvalue weighted by molar-refractivity contribution is 6.31. The van der Waals surface area contributed by atoms with Gasteiger partial charge in [-0.25, -0.2) is 9.07 Å². The Balaban J connectivity index is 1.64. The number of hydrogen-bond acceptors (Lipinski definition) is 3. The molecule has 0 saturated carbocycles. The molecule has 0 fully saturated rings. The number of hydrogen-bond donors (Lipinski definition) is 2. The molecule has 2 N–H and O–H groups in total. The molecule has 168 valence electrons. The first-order valence-electron chi connectivity index (χ1n) is 11.0. The number of fused-ring (bicyclic) bond motifs is 1. The van der Waals surface area contributed by atoms with Crippen molar-refractivity contribution in [3.05, 3.63) is 88.5 Å². The van der Waals surface area contributed by atoms with Crippen molar-refractivity contribution in [3.8, 4) is 5.69 Å². The minimum absolute atomic E-state index is 0.0229. The minimum atomic E-state index is -0.760. The summed E-state index contributed by atoms with van der Waals surface area (Å²) in [6, 6.07) is 13.6. The maximum absolute atomic E-state index is 13.4. The molecule has 1 aromatic heterocycles. The van der Waals surface area contributed by atoms with E-state index in [9.17, 15) is 14.6 Å². The van der Waals surface area contributed by atoms with Crippen LogP contribution in [0.2, 0.25) is 5.02 Å². The zero-order valence-electron chi connectivity index (χ0n) is 18.1. The summed E-state index contributed by atoms with van der Waals surface area (Å²) in [6.45, 7) is 2.10. The molecule has 4 rings (SSSR count). The number of halogens is 2. The summed E-state index contributed by atoms with van der Waals surface area (Å²) in [5.74, 6) is -0.191. The van der Waals surface area contributed by atoms with E-state index in [1.165, 1.54) is 12.1 Å². The summed E-state index contributed by atoms with van der Waals surface area (Å²) in [5.41, 5.74) is 3.04. The monoisotopic (exact) mass is 454 g/mol. The fraction of sp³-hybridized carbons (Fsp3) is 0.346. The van der Waals surface area contributed by atoms with E-state index in [0.717, 1.165) is 29.8 Å². The predicted octanol–water partition coefficient (Wildman–Crippen LogP) is 5.75. The first-order chi connectivity index (χ1) is 15.4. The van der Waals surface area contributed by atoms with Gasteiger partial charge in [0, 0.05) is 11.6 Å². The van der Waals surface area contributed by atoms with Crippen molar-refractivity contribution in [3.63, 3.8) is 0 Å². The van der Waals surface area contributed by atoms with Gasteiger partial charge in [-0.15, -0.1) is 0 Å². The van der Waals surface area contributed by atoms with Gasteiger partial charge in [-0.05, 0) is 84.6 Å². The molecular weight excluding hydrogens is 427 g/mol. The number of nitrogens with zero attached hydrogens (tertiary/aromatic N) is 2. The van der Waals surface area contributed by atoms with Crippen LogP contribution in [0.1, 0.15) is 49.1 Å². The molecule has 0 amide bonds. The summed E-state index contributed by atoms with van der Waals surface area (Å²) in [6.07, 6.45) is 7.86. The van der Waals surface area contributed by atoms with Gasteiger partial charge in [0.2, 0.25) is 0 Å². The summed E-state index contributed by atoms with van der Waals surface area (Å²) in [7, 11) is 0. The second-order valence-electron chi connectivity index (χ2n) is 8.75. The van der Waals surface area contributed by atoms with E-state index < -0.39 is 11.5 Å². The van der Waals surface area contributed by atoms with E-state index in [2.05, 4.69) is 24.2 Å². The molecule has 0 aliphatic heterocycles. The lowest BCUT2D eigenvalue weighted by Gasteiger charge is -2.39. The van der Waals surface area contributed by atoms with Crippen molar-refractivity contribution in [1.29, 1.82) is 0 Å². The van der Waals surface area contributed by atoms with Crippen molar-refractivity contribution in [2.75, 3.05) is 6.61 Å². The maximum atomic E-state index is 13.4. The van der Waals surface area contributed by atoms with E-state index in [1.807, 2.05) is 29.1 Å². The Bertz CT molecular complexity index is 1100. The Morgan fingerprint density at radius 2 is 1.97 bits per heavy atom. The average molecular weight is 455 g/mol. The van der Waals surface area contributed by atoms with Crippen LogP contribution in [0.3, 0.4) is 0 Å². The van der Waals surface area contributed by atoms with E-state index in [-0.39, 0.29) is 18.3 Å². The number of rotatable bonds is 5. The van der Waals surface area contributed by atoms with E-state index in [1.54, 1.807) is 18.2 Å². The fourth-order valence-electron chi connectivity index (χ4n) is 4.72. The van der Waals surface area contributed by atoms with Gasteiger partial charge in [0.05, 0.1) is 23.7 Å². The summed E-state index contributed by atoms with van der Waals surface area (Å²) < 4.78 is 15.2. The van der Waals surface area contributed by atoms with Gasteiger partial charge in [0.25, 0.3) is 0 Å². The van der Waals surface area contributed by atoms with Gasteiger partial charge in [-0.1, -0.05) is 42.8 Å². The summed E-state index contributed by atoms with van der Waals surface area (Å²) in [4.78, 5) is 0. The normalized spacial score (nSPS) is 22.0. The molecule has 3 atom stereocenters. The van der Waals surface area contributed by atoms with Gasteiger partial charge in [-0.2, -0.15) is 5.10 Å². The molecule has 0 spiro atoms. The highest BCUT2D eigenvalue weighted by atomic mass is 35.5. The third kappa shape index (κ3) is 4.51. The lowest BCUT2D eigenvalue weighted by molar-refractivity contribution is 0.00391. The number of aromatic nitrogens is 2. The van der Waals surface area contributed by atoms with Crippen molar-refractivity contribution in [2.45, 2.75) is 38.7 Å². The van der Waals surface area contributed by atoms with Gasteiger partial charge in [0.1, 0.15) is 5.82 Å². The Morgan fingerprint density at radius 1 is 1.22 bits per heavy atom. The summed E-state index contributed by atoms with van der Waals surface area (Å²) >= 11 is 6.32. The lowest BCUT2D eigenvalue weighted by atomic mass is 9.67. The highest BCUT2D eigenvalue weighted by Crippen LogP contribution is 2.44. The smallest absolute Gasteiger partial charge is 0.123 e. The van der Waals surface area contributed by atoms with Crippen LogP contribution < -0.4 is 0 Å². The zero-order valence-corrected chi connectivity index (χ0v) is 18.8. The van der Waals surface area contributed by atoms with Crippen molar-refractivity contribution in [2.24, 2.45) is 11.3 Å². The molecule has 0 bridgehead atoms.